The van der Waals surface area contributed by atoms with Gasteiger partial charge < -0.3 is 9.47 Å². The van der Waals surface area contributed by atoms with Crippen molar-refractivity contribution in [1.82, 2.24) is 0 Å². The van der Waals surface area contributed by atoms with Crippen molar-refractivity contribution in [2.24, 2.45) is 0 Å². The molecule has 2 heteroatoms. The predicted octanol–water partition coefficient (Wildman–Crippen LogP) is 2.24. The molecule has 1 aliphatic rings. The fourth-order valence-electron chi connectivity index (χ4n) is 1.48. The largest absolute Gasteiger partial charge is 0.491 e. The summed E-state index contributed by atoms with van der Waals surface area (Å²) in [6.45, 7) is 1.58. The Labute approximate surface area is 78.5 Å². The maximum atomic E-state index is 5.56. The van der Waals surface area contributed by atoms with Gasteiger partial charge in [-0.3, -0.25) is 0 Å². The number of rotatable bonds is 3. The summed E-state index contributed by atoms with van der Waals surface area (Å²) in [5.74, 6) is 0.929. The Balaban J connectivity index is 1.79. The first-order valence-corrected chi connectivity index (χ1v) is 4.74. The van der Waals surface area contributed by atoms with Gasteiger partial charge in [-0.1, -0.05) is 18.2 Å². The lowest BCUT2D eigenvalue weighted by molar-refractivity contribution is 0.0679. The first-order valence-electron chi connectivity index (χ1n) is 4.74. The summed E-state index contributed by atoms with van der Waals surface area (Å²) in [6.07, 6.45) is 2.61. The van der Waals surface area contributed by atoms with Crippen molar-refractivity contribution in [1.29, 1.82) is 0 Å². The lowest BCUT2D eigenvalue weighted by Crippen LogP contribution is -2.16. The standard InChI is InChI=1S/C11H14O2/c1-2-5-10(6-3-1)13-9-11-7-4-8-12-11/h1-3,5-6,11H,4,7-9H2/t11-/m1/s1. The molecule has 1 heterocycles. The van der Waals surface area contributed by atoms with Gasteiger partial charge in [0, 0.05) is 6.61 Å². The summed E-state index contributed by atoms with van der Waals surface area (Å²) < 4.78 is 11.0. The number of hydrogen-bond acceptors (Lipinski definition) is 2. The first-order chi connectivity index (χ1) is 6.45. The van der Waals surface area contributed by atoms with Crippen molar-refractivity contribution < 1.29 is 9.47 Å². The highest BCUT2D eigenvalue weighted by molar-refractivity contribution is 5.20. The molecule has 0 bridgehead atoms. The van der Waals surface area contributed by atoms with E-state index >= 15 is 0 Å². The number of hydrogen-bond donors (Lipinski definition) is 0. The van der Waals surface area contributed by atoms with E-state index in [0.29, 0.717) is 12.7 Å². The predicted molar refractivity (Wildman–Crippen MR) is 50.9 cm³/mol. The van der Waals surface area contributed by atoms with Crippen LogP contribution in [0.15, 0.2) is 30.3 Å². The fraction of sp³-hybridized carbons (Fsp3) is 0.455. The molecule has 1 aromatic rings. The Morgan fingerprint density at radius 1 is 1.31 bits per heavy atom. The van der Waals surface area contributed by atoms with Gasteiger partial charge >= 0.3 is 0 Å². The van der Waals surface area contributed by atoms with E-state index in [1.54, 1.807) is 0 Å². The zero-order valence-electron chi connectivity index (χ0n) is 7.61. The number of para-hydroxylation sites is 1. The molecule has 2 rings (SSSR count). The molecule has 13 heavy (non-hydrogen) atoms. The van der Waals surface area contributed by atoms with E-state index in [2.05, 4.69) is 0 Å². The molecule has 0 aromatic heterocycles. The topological polar surface area (TPSA) is 18.5 Å². The highest BCUT2D eigenvalue weighted by Crippen LogP contribution is 2.14. The van der Waals surface area contributed by atoms with E-state index in [1.807, 2.05) is 30.3 Å². The smallest absolute Gasteiger partial charge is 0.119 e. The van der Waals surface area contributed by atoms with Crippen molar-refractivity contribution in [2.45, 2.75) is 18.9 Å². The molecule has 0 aliphatic carbocycles. The van der Waals surface area contributed by atoms with E-state index in [4.69, 9.17) is 9.47 Å². The Hall–Kier alpha value is -1.02. The molecule has 1 atom stereocenters. The summed E-state index contributed by atoms with van der Waals surface area (Å²) in [5.41, 5.74) is 0. The average Bonchev–Trinajstić information content (AvgIpc) is 2.69. The second-order valence-corrected chi connectivity index (χ2v) is 3.26. The van der Waals surface area contributed by atoms with E-state index in [0.717, 1.165) is 18.8 Å². The first kappa shape index (κ1) is 8.57. The van der Waals surface area contributed by atoms with Crippen molar-refractivity contribution in [3.63, 3.8) is 0 Å². The quantitative estimate of drug-likeness (QED) is 0.706. The van der Waals surface area contributed by atoms with Crippen LogP contribution in [0.2, 0.25) is 0 Å². The minimum atomic E-state index is 0.306. The van der Waals surface area contributed by atoms with Crippen LogP contribution >= 0.6 is 0 Å². The lowest BCUT2D eigenvalue weighted by Gasteiger charge is -2.10. The van der Waals surface area contributed by atoms with E-state index in [-0.39, 0.29) is 0 Å². The van der Waals surface area contributed by atoms with Gasteiger partial charge in [-0.15, -0.1) is 0 Å². The summed E-state index contributed by atoms with van der Waals surface area (Å²) in [7, 11) is 0. The summed E-state index contributed by atoms with van der Waals surface area (Å²) >= 11 is 0. The van der Waals surface area contributed by atoms with Crippen molar-refractivity contribution in [3.8, 4) is 5.75 Å². The molecule has 1 aliphatic heterocycles. The van der Waals surface area contributed by atoms with Crippen LogP contribution in [0.25, 0.3) is 0 Å². The molecular weight excluding hydrogens is 164 g/mol. The second kappa shape index (κ2) is 4.28. The molecule has 0 amide bonds. The molecule has 0 saturated carbocycles. The minimum Gasteiger partial charge on any atom is -0.491 e. The van der Waals surface area contributed by atoms with Crippen LogP contribution in [-0.2, 0) is 4.74 Å². The lowest BCUT2D eigenvalue weighted by atomic mass is 10.2. The van der Waals surface area contributed by atoms with Crippen LogP contribution in [0.4, 0.5) is 0 Å². The Bertz CT molecular complexity index is 240. The third-order valence-corrected chi connectivity index (χ3v) is 2.20. The van der Waals surface area contributed by atoms with Crippen LogP contribution in [0, 0.1) is 0 Å². The maximum Gasteiger partial charge on any atom is 0.119 e. The number of benzene rings is 1. The van der Waals surface area contributed by atoms with Crippen LogP contribution in [0.5, 0.6) is 5.75 Å². The normalized spacial score (nSPS) is 21.7. The zero-order valence-corrected chi connectivity index (χ0v) is 7.61. The molecule has 0 radical (unpaired) electrons. The van der Waals surface area contributed by atoms with Crippen LogP contribution in [0.3, 0.4) is 0 Å². The average molecular weight is 178 g/mol. The molecule has 1 fully saturated rings. The second-order valence-electron chi connectivity index (χ2n) is 3.26. The van der Waals surface area contributed by atoms with Gasteiger partial charge in [0.25, 0.3) is 0 Å². The van der Waals surface area contributed by atoms with Crippen molar-refractivity contribution >= 4 is 0 Å². The van der Waals surface area contributed by atoms with Gasteiger partial charge in [-0.2, -0.15) is 0 Å². The van der Waals surface area contributed by atoms with Gasteiger partial charge in [0.1, 0.15) is 12.4 Å². The Kier molecular flexibility index (Phi) is 2.82. The molecule has 2 nitrogen and oxygen atoms in total. The molecule has 0 unspecified atom stereocenters. The zero-order chi connectivity index (χ0) is 8.93. The van der Waals surface area contributed by atoms with E-state index in [1.165, 1.54) is 6.42 Å². The highest BCUT2D eigenvalue weighted by atomic mass is 16.5. The third-order valence-electron chi connectivity index (χ3n) is 2.20. The molecule has 0 spiro atoms. The highest BCUT2D eigenvalue weighted by Gasteiger charge is 2.15. The van der Waals surface area contributed by atoms with Gasteiger partial charge in [-0.05, 0) is 25.0 Å². The molecular formula is C11H14O2. The van der Waals surface area contributed by atoms with Crippen molar-refractivity contribution in [2.75, 3.05) is 13.2 Å². The number of ether oxygens (including phenoxy) is 2. The SMILES string of the molecule is c1ccc(OC[C@H]2CCCO2)cc1. The van der Waals surface area contributed by atoms with Gasteiger partial charge in [0.2, 0.25) is 0 Å². The summed E-state index contributed by atoms with van der Waals surface area (Å²) in [4.78, 5) is 0. The summed E-state index contributed by atoms with van der Waals surface area (Å²) in [5, 5.41) is 0. The van der Waals surface area contributed by atoms with Crippen molar-refractivity contribution in [3.05, 3.63) is 30.3 Å². The van der Waals surface area contributed by atoms with E-state index in [9.17, 15) is 0 Å². The minimum absolute atomic E-state index is 0.306. The fourth-order valence-corrected chi connectivity index (χ4v) is 1.48. The summed E-state index contributed by atoms with van der Waals surface area (Å²) in [6, 6.07) is 9.87. The van der Waals surface area contributed by atoms with Gasteiger partial charge in [0.05, 0.1) is 6.10 Å². The Morgan fingerprint density at radius 2 is 2.15 bits per heavy atom. The third kappa shape index (κ3) is 2.46. The molecule has 1 saturated heterocycles. The van der Waals surface area contributed by atoms with E-state index < -0.39 is 0 Å². The van der Waals surface area contributed by atoms with Gasteiger partial charge in [-0.25, -0.2) is 0 Å². The molecule has 70 valence electrons. The van der Waals surface area contributed by atoms with Crippen LogP contribution in [-0.4, -0.2) is 19.3 Å². The maximum absolute atomic E-state index is 5.56. The van der Waals surface area contributed by atoms with Gasteiger partial charge in [0.15, 0.2) is 0 Å². The van der Waals surface area contributed by atoms with Crippen LogP contribution in [0.1, 0.15) is 12.8 Å². The van der Waals surface area contributed by atoms with Crippen LogP contribution < -0.4 is 4.74 Å². The molecule has 1 aromatic carbocycles. The molecule has 0 N–H and O–H groups in total. The Morgan fingerprint density at radius 3 is 2.85 bits per heavy atom. The monoisotopic (exact) mass is 178 g/mol.